The molecule has 0 bridgehead atoms. The summed E-state index contributed by atoms with van der Waals surface area (Å²) in [5.74, 6) is 0. The van der Waals surface area contributed by atoms with Gasteiger partial charge in [0.2, 0.25) is 0 Å². The Morgan fingerprint density at radius 3 is 1.40 bits per heavy atom. The number of rotatable bonds is 20. The number of hydrogen-bond donors (Lipinski definition) is 0. The van der Waals surface area contributed by atoms with Crippen molar-refractivity contribution in [2.45, 2.75) is 227 Å². The van der Waals surface area contributed by atoms with E-state index < -0.39 is 43.3 Å². The molecule has 1 aliphatic heterocycles. The minimum atomic E-state index is -2.95. The standard InChI is InChI=1S/C27H57O4Si3.3C4H9.Sn/c1-20(2)34(21(3)4,22(5)6)29-19-24-25(31-33(15,16)27(10,11)12)23(17-18-28-24)30-32(13,14)26(7,8)9;3*1-3-4-2;/h17,20-25H,19H2,1-16H3;3*1,3-4H2,2H3;/t23-,24-,25-;;;;/m1..../s1. The molecule has 0 aromatic carbocycles. The monoisotopic (exact) mass is 820 g/mol. The van der Waals surface area contributed by atoms with Gasteiger partial charge >= 0.3 is 305 Å². The number of hydrogen-bond acceptors (Lipinski definition) is 4. The van der Waals surface area contributed by atoms with Gasteiger partial charge in [-0.1, -0.05) is 0 Å². The molecule has 0 fully saturated rings. The Bertz CT molecular complexity index is 905. The van der Waals surface area contributed by atoms with Gasteiger partial charge in [-0.25, -0.2) is 0 Å². The summed E-state index contributed by atoms with van der Waals surface area (Å²) in [4.78, 5) is 0. The second-order valence-electron chi connectivity index (χ2n) is 19.1. The average Bonchev–Trinajstić information content (AvgIpc) is 2.92. The van der Waals surface area contributed by atoms with Crippen molar-refractivity contribution in [2.24, 2.45) is 0 Å². The molecule has 0 aromatic heterocycles. The molecule has 0 N–H and O–H groups in total. The molecule has 0 aliphatic carbocycles. The van der Waals surface area contributed by atoms with Crippen LogP contribution in [-0.4, -0.2) is 68.2 Å². The first-order valence-corrected chi connectivity index (χ1v) is 35.2. The first kappa shape index (κ1) is 45.9. The number of unbranched alkanes of at least 4 members (excludes halogenated alkanes) is 3. The van der Waals surface area contributed by atoms with Crippen molar-refractivity contribution in [3.8, 4) is 0 Å². The van der Waals surface area contributed by atoms with E-state index in [1.54, 1.807) is 0 Å². The van der Waals surface area contributed by atoms with E-state index in [1.165, 1.54) is 55.6 Å². The van der Waals surface area contributed by atoms with Gasteiger partial charge in [-0.15, -0.1) is 0 Å². The van der Waals surface area contributed by atoms with Gasteiger partial charge in [0.25, 0.3) is 0 Å². The van der Waals surface area contributed by atoms with E-state index >= 15 is 0 Å². The molecule has 47 heavy (non-hydrogen) atoms. The second kappa shape index (κ2) is 18.6. The van der Waals surface area contributed by atoms with Gasteiger partial charge < -0.3 is 0 Å². The fraction of sp³-hybridized carbons (Fsp3) is 0.949. The third-order valence-electron chi connectivity index (χ3n) is 12.5. The van der Waals surface area contributed by atoms with Crippen LogP contribution >= 0.6 is 0 Å². The molecule has 0 saturated carbocycles. The molecular formula is C39H84O4Si3Sn. The van der Waals surface area contributed by atoms with Crippen LogP contribution < -0.4 is 0 Å². The topological polar surface area (TPSA) is 36.9 Å². The zero-order valence-corrected chi connectivity index (χ0v) is 41.1. The van der Waals surface area contributed by atoms with Crippen LogP contribution in [0.5, 0.6) is 0 Å². The fourth-order valence-electron chi connectivity index (χ4n) is 7.45. The van der Waals surface area contributed by atoms with Crippen LogP contribution in [0.4, 0.5) is 0 Å². The van der Waals surface area contributed by atoms with Crippen molar-refractivity contribution in [2.75, 3.05) is 6.61 Å². The summed E-state index contributed by atoms with van der Waals surface area (Å²) in [6.45, 7) is 45.9. The predicted molar refractivity (Wildman–Crippen MR) is 219 cm³/mol. The fourth-order valence-corrected chi connectivity index (χ4v) is 31.2. The van der Waals surface area contributed by atoms with Crippen LogP contribution in [0.1, 0.15) is 142 Å². The second-order valence-corrected chi connectivity index (χ2v) is 47.1. The van der Waals surface area contributed by atoms with E-state index in [1.807, 2.05) is 0 Å². The molecule has 280 valence electrons. The zero-order chi connectivity index (χ0) is 36.6. The summed E-state index contributed by atoms with van der Waals surface area (Å²) >= 11 is -2.95. The third-order valence-corrected chi connectivity index (χ3v) is 42.6. The van der Waals surface area contributed by atoms with E-state index in [0.29, 0.717) is 23.2 Å². The summed E-state index contributed by atoms with van der Waals surface area (Å²) in [5, 5.41) is 0.192. The van der Waals surface area contributed by atoms with Gasteiger partial charge in [-0.2, -0.15) is 0 Å². The van der Waals surface area contributed by atoms with Gasteiger partial charge in [-0.05, 0) is 0 Å². The summed E-state index contributed by atoms with van der Waals surface area (Å²) < 4.78 is 35.6. The number of ether oxygens (including phenoxy) is 1. The Kier molecular flexibility index (Phi) is 18.1. The van der Waals surface area contributed by atoms with Crippen molar-refractivity contribution in [3.05, 3.63) is 9.85 Å². The normalized spacial score (nSPS) is 20.7. The molecule has 0 aromatic rings. The molecule has 8 heteroatoms. The van der Waals surface area contributed by atoms with E-state index in [4.69, 9.17) is 18.0 Å². The van der Waals surface area contributed by atoms with Crippen molar-refractivity contribution in [3.63, 3.8) is 0 Å². The maximum absolute atomic E-state index is 7.56. The molecule has 0 unspecified atom stereocenters. The molecule has 1 heterocycles. The van der Waals surface area contributed by atoms with Gasteiger partial charge in [0, 0.05) is 0 Å². The maximum atomic E-state index is 7.56. The van der Waals surface area contributed by atoms with Crippen LogP contribution in [0, 0.1) is 0 Å². The van der Waals surface area contributed by atoms with Gasteiger partial charge in [0.1, 0.15) is 0 Å². The third kappa shape index (κ3) is 11.7. The van der Waals surface area contributed by atoms with Crippen molar-refractivity contribution in [1.29, 1.82) is 0 Å². The molecule has 3 atom stereocenters. The molecule has 0 radical (unpaired) electrons. The predicted octanol–water partition coefficient (Wildman–Crippen LogP) is 13.6. The van der Waals surface area contributed by atoms with Crippen LogP contribution in [0.15, 0.2) is 9.85 Å². The molecule has 0 spiro atoms. The molecular weight excluding hydrogens is 735 g/mol. The quantitative estimate of drug-likeness (QED) is 0.115. The van der Waals surface area contributed by atoms with Crippen LogP contribution in [-0.2, 0) is 18.0 Å². The van der Waals surface area contributed by atoms with Crippen molar-refractivity contribution < 1.29 is 18.0 Å². The van der Waals surface area contributed by atoms with Crippen LogP contribution in [0.2, 0.25) is 66.2 Å². The molecule has 0 amide bonds. The van der Waals surface area contributed by atoms with E-state index in [9.17, 15) is 0 Å². The Morgan fingerprint density at radius 2 is 1.06 bits per heavy atom. The Morgan fingerprint density at radius 1 is 0.681 bits per heavy atom. The first-order valence-electron chi connectivity index (χ1n) is 19.8. The molecule has 4 nitrogen and oxygen atoms in total. The van der Waals surface area contributed by atoms with Crippen LogP contribution in [0.3, 0.4) is 0 Å². The Balaban J connectivity index is 4.07. The van der Waals surface area contributed by atoms with Crippen molar-refractivity contribution >= 4 is 43.3 Å². The van der Waals surface area contributed by atoms with Crippen LogP contribution in [0.25, 0.3) is 0 Å². The van der Waals surface area contributed by atoms with Gasteiger partial charge in [-0.3, -0.25) is 0 Å². The SMILES string of the molecule is CCC[CH2][Sn]([CH2]CCC)([CH2]CCC)[C]1=C[C@@H](O[Si](C)(C)C(C)(C)C)[C@@H](O[Si](C)(C)C(C)(C)C)[C@@H](CO[Si](C(C)C)(C(C)C)C(C)C)O1. The minimum absolute atomic E-state index is 0.0859. The van der Waals surface area contributed by atoms with E-state index in [2.05, 4.69) is 136 Å². The first-order chi connectivity index (χ1) is 21.4. The summed E-state index contributed by atoms with van der Waals surface area (Å²) in [7, 11) is -6.43. The Labute approximate surface area is 302 Å². The van der Waals surface area contributed by atoms with Gasteiger partial charge in [0.05, 0.1) is 0 Å². The zero-order valence-electron chi connectivity index (χ0n) is 35.2. The van der Waals surface area contributed by atoms with Crippen molar-refractivity contribution in [1.82, 2.24) is 0 Å². The molecule has 1 aliphatic rings. The Hall–Kier alpha value is 0.869. The summed E-state index contributed by atoms with van der Waals surface area (Å²) in [5.41, 5.74) is 1.58. The summed E-state index contributed by atoms with van der Waals surface area (Å²) in [6.07, 6.45) is 9.81. The summed E-state index contributed by atoms with van der Waals surface area (Å²) in [6, 6.07) is 0. The molecule has 1 rings (SSSR count). The molecule has 0 saturated heterocycles. The van der Waals surface area contributed by atoms with Gasteiger partial charge in [0.15, 0.2) is 0 Å². The van der Waals surface area contributed by atoms with E-state index in [-0.39, 0.29) is 28.4 Å². The average molecular weight is 820 g/mol. The van der Waals surface area contributed by atoms with E-state index in [0.717, 1.165) is 0 Å².